The van der Waals surface area contributed by atoms with Crippen LogP contribution >= 0.6 is 45.6 Å². The van der Waals surface area contributed by atoms with E-state index in [9.17, 15) is 0 Å². The smallest absolute Gasteiger partial charge is 0.124 e. The van der Waals surface area contributed by atoms with Gasteiger partial charge in [0.15, 0.2) is 0 Å². The summed E-state index contributed by atoms with van der Waals surface area (Å²) in [7, 11) is 0. The molecule has 2 nitrogen and oxygen atoms in total. The highest BCUT2D eigenvalue weighted by Gasteiger charge is 2.12. The number of benzene rings is 4. The van der Waals surface area contributed by atoms with Crippen molar-refractivity contribution in [3.8, 4) is 21.1 Å². The first kappa shape index (κ1) is 18.7. The quantitative estimate of drug-likeness (QED) is 0.244. The minimum Gasteiger partial charge on any atom is -0.236 e. The van der Waals surface area contributed by atoms with Crippen LogP contribution in [0.4, 0.5) is 0 Å². The Morgan fingerprint density at radius 2 is 1.19 bits per heavy atom. The van der Waals surface area contributed by atoms with E-state index < -0.39 is 0 Å². The second-order valence-electron chi connectivity index (χ2n) is 7.64. The van der Waals surface area contributed by atoms with Gasteiger partial charge < -0.3 is 0 Å². The van der Waals surface area contributed by atoms with Gasteiger partial charge in [0, 0.05) is 36.3 Å². The minimum atomic E-state index is 0.741. The average molecular weight is 485 g/mol. The number of fused-ring (bicyclic) bond motifs is 5. The molecule has 0 N–H and O–H groups in total. The number of hydrogen-bond acceptors (Lipinski definition) is 5. The van der Waals surface area contributed by atoms with E-state index in [1.165, 1.54) is 30.4 Å². The second kappa shape index (κ2) is 7.09. The van der Waals surface area contributed by atoms with Crippen molar-refractivity contribution in [3.05, 3.63) is 83.9 Å². The Hall–Kier alpha value is -2.83. The molecule has 7 aromatic rings. The van der Waals surface area contributed by atoms with Gasteiger partial charge in [-0.05, 0) is 54.6 Å². The third-order valence-corrected chi connectivity index (χ3v) is 9.13. The lowest BCUT2D eigenvalue weighted by molar-refractivity contribution is 1.47. The van der Waals surface area contributed by atoms with Gasteiger partial charge >= 0.3 is 0 Å². The van der Waals surface area contributed by atoms with Crippen LogP contribution in [0.15, 0.2) is 78.9 Å². The summed E-state index contributed by atoms with van der Waals surface area (Å²) in [6.45, 7) is 0. The van der Waals surface area contributed by atoms with Crippen LogP contribution in [0, 0.1) is 0 Å². The maximum Gasteiger partial charge on any atom is 0.124 e. The summed E-state index contributed by atoms with van der Waals surface area (Å²) in [6, 6.07) is 27.5. The summed E-state index contributed by atoms with van der Waals surface area (Å²) < 4.78 is 4.92. The standard InChI is InChI=1S/C26H13ClN2S3/c27-16-7-9-20-24(13-16)32-26(29-20)15-5-8-19-23(12-15)31-25(28-19)14-6-10-22-18(11-14)17-3-1-2-4-21(17)30-22/h1-13H. The van der Waals surface area contributed by atoms with Gasteiger partial charge in [0.05, 0.1) is 20.4 Å². The van der Waals surface area contributed by atoms with E-state index in [0.29, 0.717) is 0 Å². The molecule has 0 saturated heterocycles. The number of rotatable bonds is 2. The molecule has 4 aromatic carbocycles. The summed E-state index contributed by atoms with van der Waals surface area (Å²) in [5.41, 5.74) is 4.28. The van der Waals surface area contributed by atoms with E-state index in [1.54, 1.807) is 22.7 Å². The molecular formula is C26H13ClN2S3. The molecule has 3 heterocycles. The Labute approximate surface area is 200 Å². The van der Waals surface area contributed by atoms with Gasteiger partial charge in [-0.1, -0.05) is 35.9 Å². The SMILES string of the molecule is Clc1ccc2nc(-c3ccc4nc(-c5ccc6sc7ccccc7c6c5)sc4c3)sc2c1. The lowest BCUT2D eigenvalue weighted by Gasteiger charge is -1.97. The lowest BCUT2D eigenvalue weighted by Crippen LogP contribution is -1.77. The van der Waals surface area contributed by atoms with Gasteiger partial charge in [-0.15, -0.1) is 34.0 Å². The van der Waals surface area contributed by atoms with Crippen molar-refractivity contribution in [2.75, 3.05) is 0 Å². The van der Waals surface area contributed by atoms with Crippen LogP contribution in [0.25, 0.3) is 61.7 Å². The first-order chi connectivity index (χ1) is 15.7. The van der Waals surface area contributed by atoms with E-state index in [-0.39, 0.29) is 0 Å². The molecule has 6 heteroatoms. The highest BCUT2D eigenvalue weighted by atomic mass is 35.5. The van der Waals surface area contributed by atoms with Crippen molar-refractivity contribution in [1.82, 2.24) is 9.97 Å². The molecule has 0 fully saturated rings. The molecular weight excluding hydrogens is 472 g/mol. The summed E-state index contributed by atoms with van der Waals surface area (Å²) >= 11 is 11.4. The zero-order valence-electron chi connectivity index (χ0n) is 16.5. The summed E-state index contributed by atoms with van der Waals surface area (Å²) in [6.07, 6.45) is 0. The first-order valence-corrected chi connectivity index (χ1v) is 12.9. The van der Waals surface area contributed by atoms with Gasteiger partial charge in [0.25, 0.3) is 0 Å². The molecule has 0 atom stereocenters. The number of thiazole rings is 2. The third kappa shape index (κ3) is 2.97. The van der Waals surface area contributed by atoms with Crippen LogP contribution in [-0.2, 0) is 0 Å². The lowest BCUT2D eigenvalue weighted by atomic mass is 10.1. The predicted octanol–water partition coefficient (Wildman–Crippen LogP) is 9.26. The van der Waals surface area contributed by atoms with E-state index in [1.807, 2.05) is 29.5 Å². The molecule has 0 saturated carbocycles. The third-order valence-electron chi connectivity index (χ3n) is 5.61. The molecule has 0 spiro atoms. The molecule has 0 aliphatic rings. The van der Waals surface area contributed by atoms with Crippen LogP contribution in [0.5, 0.6) is 0 Å². The number of halogens is 1. The fourth-order valence-electron chi connectivity index (χ4n) is 4.06. The van der Waals surface area contributed by atoms with Gasteiger partial charge in [-0.2, -0.15) is 0 Å². The van der Waals surface area contributed by atoms with E-state index >= 15 is 0 Å². The first-order valence-electron chi connectivity index (χ1n) is 10.1. The van der Waals surface area contributed by atoms with Crippen molar-refractivity contribution >= 4 is 86.2 Å². The van der Waals surface area contributed by atoms with E-state index in [2.05, 4.69) is 60.7 Å². The molecule has 0 aliphatic heterocycles. The van der Waals surface area contributed by atoms with Crippen LogP contribution < -0.4 is 0 Å². The molecule has 0 radical (unpaired) electrons. The van der Waals surface area contributed by atoms with Crippen LogP contribution in [0.3, 0.4) is 0 Å². The van der Waals surface area contributed by atoms with Crippen molar-refractivity contribution in [3.63, 3.8) is 0 Å². The maximum absolute atomic E-state index is 6.15. The van der Waals surface area contributed by atoms with Crippen molar-refractivity contribution in [1.29, 1.82) is 0 Å². The summed E-state index contributed by atoms with van der Waals surface area (Å²) in [5.74, 6) is 0. The zero-order valence-corrected chi connectivity index (χ0v) is 19.7. The normalized spacial score (nSPS) is 11.9. The van der Waals surface area contributed by atoms with Crippen molar-refractivity contribution < 1.29 is 0 Å². The summed E-state index contributed by atoms with van der Waals surface area (Å²) in [4.78, 5) is 9.73. The molecule has 0 amide bonds. The highest BCUT2D eigenvalue weighted by Crippen LogP contribution is 2.39. The Kier molecular flexibility index (Phi) is 4.14. The van der Waals surface area contributed by atoms with Crippen molar-refractivity contribution in [2.45, 2.75) is 0 Å². The number of nitrogens with zero attached hydrogens (tertiary/aromatic N) is 2. The molecule has 0 aliphatic carbocycles. The molecule has 0 unspecified atom stereocenters. The number of thiophene rings is 1. The number of aromatic nitrogens is 2. The molecule has 152 valence electrons. The Morgan fingerprint density at radius 3 is 2.03 bits per heavy atom. The Bertz CT molecular complexity index is 1810. The predicted molar refractivity (Wildman–Crippen MR) is 142 cm³/mol. The largest absolute Gasteiger partial charge is 0.236 e. The Balaban J connectivity index is 1.33. The molecule has 32 heavy (non-hydrogen) atoms. The fraction of sp³-hybridized carbons (Fsp3) is 0. The van der Waals surface area contributed by atoms with Gasteiger partial charge in [0.1, 0.15) is 10.0 Å². The fourth-order valence-corrected chi connectivity index (χ4v) is 7.39. The monoisotopic (exact) mass is 484 g/mol. The average Bonchev–Trinajstić information content (AvgIpc) is 3.52. The van der Waals surface area contributed by atoms with Gasteiger partial charge in [-0.25, -0.2) is 9.97 Å². The molecule has 3 aromatic heterocycles. The maximum atomic E-state index is 6.15. The number of hydrogen-bond donors (Lipinski definition) is 0. The molecule has 0 bridgehead atoms. The van der Waals surface area contributed by atoms with E-state index in [4.69, 9.17) is 21.6 Å². The summed E-state index contributed by atoms with van der Waals surface area (Å²) in [5, 5.41) is 5.41. The molecule has 7 rings (SSSR count). The van der Waals surface area contributed by atoms with Crippen LogP contribution in [0.1, 0.15) is 0 Å². The van der Waals surface area contributed by atoms with Gasteiger partial charge in [-0.3, -0.25) is 0 Å². The Morgan fingerprint density at radius 1 is 0.531 bits per heavy atom. The van der Waals surface area contributed by atoms with Crippen LogP contribution in [-0.4, -0.2) is 9.97 Å². The zero-order chi connectivity index (χ0) is 21.2. The highest BCUT2D eigenvalue weighted by molar-refractivity contribution is 7.26. The minimum absolute atomic E-state index is 0.741. The van der Waals surface area contributed by atoms with Gasteiger partial charge in [0.2, 0.25) is 0 Å². The van der Waals surface area contributed by atoms with Crippen molar-refractivity contribution in [2.24, 2.45) is 0 Å². The van der Waals surface area contributed by atoms with Crippen LogP contribution in [0.2, 0.25) is 5.02 Å². The van der Waals surface area contributed by atoms with E-state index in [0.717, 1.165) is 36.3 Å². The second-order valence-corrected chi connectivity index (χ2v) is 11.2. The topological polar surface area (TPSA) is 25.8 Å².